The van der Waals surface area contributed by atoms with Gasteiger partial charge in [-0.1, -0.05) is 6.42 Å². The summed E-state index contributed by atoms with van der Waals surface area (Å²) in [6, 6.07) is 0.409. The van der Waals surface area contributed by atoms with Gasteiger partial charge < -0.3 is 4.90 Å². The zero-order valence-electron chi connectivity index (χ0n) is 11.5. The number of hydrogen-bond acceptors (Lipinski definition) is 4. The summed E-state index contributed by atoms with van der Waals surface area (Å²) in [6.07, 6.45) is 11.1. The number of rotatable bonds is 3. The van der Waals surface area contributed by atoms with Crippen LogP contribution in [0.5, 0.6) is 0 Å². The van der Waals surface area contributed by atoms with E-state index in [2.05, 4.69) is 14.9 Å². The summed E-state index contributed by atoms with van der Waals surface area (Å²) >= 11 is 0. The molecule has 0 atom stereocenters. The van der Waals surface area contributed by atoms with Crippen molar-refractivity contribution in [2.75, 3.05) is 11.9 Å². The third-order valence-electron chi connectivity index (χ3n) is 4.61. The molecule has 0 saturated heterocycles. The molecule has 2 saturated carbocycles. The van der Waals surface area contributed by atoms with Crippen LogP contribution in [0.2, 0.25) is 0 Å². The predicted octanol–water partition coefficient (Wildman–Crippen LogP) is 2.69. The lowest BCUT2D eigenvalue weighted by molar-refractivity contribution is -0.120. The highest BCUT2D eigenvalue weighted by atomic mass is 16.1. The molecule has 1 aromatic rings. The van der Waals surface area contributed by atoms with E-state index in [1.165, 1.54) is 24.8 Å². The van der Waals surface area contributed by atoms with Crippen molar-refractivity contribution in [1.82, 2.24) is 9.97 Å². The summed E-state index contributed by atoms with van der Waals surface area (Å²) in [6.45, 7) is 0. The molecule has 1 aromatic heterocycles. The number of aromatic nitrogens is 2. The van der Waals surface area contributed by atoms with Gasteiger partial charge in [0, 0.05) is 38.3 Å². The van der Waals surface area contributed by atoms with E-state index >= 15 is 0 Å². The van der Waals surface area contributed by atoms with Crippen molar-refractivity contribution in [3.05, 3.63) is 18.0 Å². The van der Waals surface area contributed by atoms with Gasteiger partial charge in [0.1, 0.15) is 5.78 Å². The molecule has 0 radical (unpaired) electrons. The van der Waals surface area contributed by atoms with E-state index in [-0.39, 0.29) is 0 Å². The van der Waals surface area contributed by atoms with E-state index in [0.29, 0.717) is 30.6 Å². The molecule has 2 aliphatic rings. The molecule has 4 nitrogen and oxygen atoms in total. The van der Waals surface area contributed by atoms with Crippen LogP contribution in [-0.2, 0) is 4.79 Å². The standard InChI is InChI=1S/C15H21N3O/c1-18(13-5-7-14(19)8-6-13)15-16-9-12(10-17-15)11-3-2-4-11/h9-11,13H,2-8H2,1H3. The van der Waals surface area contributed by atoms with Gasteiger partial charge in [-0.2, -0.15) is 0 Å². The quantitative estimate of drug-likeness (QED) is 0.837. The van der Waals surface area contributed by atoms with Gasteiger partial charge in [-0.15, -0.1) is 0 Å². The largest absolute Gasteiger partial charge is 0.341 e. The first-order valence-corrected chi connectivity index (χ1v) is 7.30. The maximum atomic E-state index is 11.3. The molecule has 0 aliphatic heterocycles. The molecule has 0 amide bonds. The van der Waals surface area contributed by atoms with Crippen LogP contribution < -0.4 is 4.90 Å². The van der Waals surface area contributed by atoms with E-state index in [4.69, 9.17) is 0 Å². The zero-order chi connectivity index (χ0) is 13.2. The molecular weight excluding hydrogens is 238 g/mol. The van der Waals surface area contributed by atoms with Crippen molar-refractivity contribution in [2.24, 2.45) is 0 Å². The molecule has 3 rings (SSSR count). The summed E-state index contributed by atoms with van der Waals surface area (Å²) in [5, 5.41) is 0. The fraction of sp³-hybridized carbons (Fsp3) is 0.667. The highest BCUT2D eigenvalue weighted by Gasteiger charge is 2.24. The molecule has 2 aliphatic carbocycles. The number of hydrogen-bond donors (Lipinski definition) is 0. The van der Waals surface area contributed by atoms with Crippen LogP contribution >= 0.6 is 0 Å². The van der Waals surface area contributed by atoms with Crippen LogP contribution in [-0.4, -0.2) is 28.8 Å². The summed E-state index contributed by atoms with van der Waals surface area (Å²) in [4.78, 5) is 22.4. The Morgan fingerprint density at radius 1 is 1.11 bits per heavy atom. The summed E-state index contributed by atoms with van der Waals surface area (Å²) < 4.78 is 0. The van der Waals surface area contributed by atoms with Crippen molar-refractivity contribution in [1.29, 1.82) is 0 Å². The molecule has 0 spiro atoms. The Labute approximate surface area is 114 Å². The number of ketones is 1. The molecule has 0 bridgehead atoms. The van der Waals surface area contributed by atoms with Gasteiger partial charge in [-0.05, 0) is 37.2 Å². The summed E-state index contributed by atoms with van der Waals surface area (Å²) in [5.74, 6) is 1.87. The van der Waals surface area contributed by atoms with E-state index in [1.807, 2.05) is 19.4 Å². The molecule has 4 heteroatoms. The van der Waals surface area contributed by atoms with Crippen molar-refractivity contribution in [3.8, 4) is 0 Å². The smallest absolute Gasteiger partial charge is 0.225 e. The monoisotopic (exact) mass is 259 g/mol. The molecular formula is C15H21N3O. The minimum atomic E-state index is 0.394. The van der Waals surface area contributed by atoms with Crippen molar-refractivity contribution in [3.63, 3.8) is 0 Å². The van der Waals surface area contributed by atoms with Gasteiger partial charge >= 0.3 is 0 Å². The Morgan fingerprint density at radius 3 is 2.26 bits per heavy atom. The normalized spacial score (nSPS) is 21.2. The van der Waals surface area contributed by atoms with Crippen LogP contribution in [0.1, 0.15) is 56.4 Å². The second kappa shape index (κ2) is 5.27. The minimum Gasteiger partial charge on any atom is -0.341 e. The van der Waals surface area contributed by atoms with Gasteiger partial charge in [0.15, 0.2) is 0 Å². The average molecular weight is 259 g/mol. The number of Topliss-reactive ketones (excluding diaryl/α,β-unsaturated/α-hetero) is 1. The molecule has 1 heterocycles. The highest BCUT2D eigenvalue weighted by molar-refractivity contribution is 5.79. The predicted molar refractivity (Wildman–Crippen MR) is 74.3 cm³/mol. The lowest BCUT2D eigenvalue weighted by Crippen LogP contribution is -2.36. The minimum absolute atomic E-state index is 0.394. The first-order chi connectivity index (χ1) is 9.24. The van der Waals surface area contributed by atoms with Crippen LogP contribution in [0, 0.1) is 0 Å². The van der Waals surface area contributed by atoms with Crippen molar-refractivity contribution in [2.45, 2.75) is 56.9 Å². The Balaban J connectivity index is 1.65. The van der Waals surface area contributed by atoms with Crippen molar-refractivity contribution >= 4 is 11.7 Å². The van der Waals surface area contributed by atoms with Gasteiger partial charge in [0.05, 0.1) is 0 Å². The fourth-order valence-electron chi connectivity index (χ4n) is 2.94. The molecule has 2 fully saturated rings. The second-order valence-corrected chi connectivity index (χ2v) is 5.82. The lowest BCUT2D eigenvalue weighted by atomic mass is 9.81. The van der Waals surface area contributed by atoms with Gasteiger partial charge in [-0.3, -0.25) is 4.79 Å². The van der Waals surface area contributed by atoms with Crippen LogP contribution in [0.4, 0.5) is 5.95 Å². The Hall–Kier alpha value is -1.45. The first kappa shape index (κ1) is 12.6. The first-order valence-electron chi connectivity index (χ1n) is 7.30. The van der Waals surface area contributed by atoms with Gasteiger partial charge in [-0.25, -0.2) is 9.97 Å². The fourth-order valence-corrected chi connectivity index (χ4v) is 2.94. The number of anilines is 1. The summed E-state index contributed by atoms with van der Waals surface area (Å²) in [5.41, 5.74) is 1.28. The lowest BCUT2D eigenvalue weighted by Gasteiger charge is -2.31. The third-order valence-corrected chi connectivity index (χ3v) is 4.61. The van der Waals surface area contributed by atoms with Crippen LogP contribution in [0.15, 0.2) is 12.4 Å². The van der Waals surface area contributed by atoms with Crippen LogP contribution in [0.25, 0.3) is 0 Å². The second-order valence-electron chi connectivity index (χ2n) is 5.82. The molecule has 0 N–H and O–H groups in total. The maximum Gasteiger partial charge on any atom is 0.225 e. The number of carbonyl (C=O) groups is 1. The Kier molecular flexibility index (Phi) is 3.49. The third kappa shape index (κ3) is 2.62. The van der Waals surface area contributed by atoms with E-state index < -0.39 is 0 Å². The van der Waals surface area contributed by atoms with Gasteiger partial charge in [0.2, 0.25) is 5.95 Å². The molecule has 102 valence electrons. The Bertz CT molecular complexity index is 443. The van der Waals surface area contributed by atoms with E-state index in [9.17, 15) is 4.79 Å². The zero-order valence-corrected chi connectivity index (χ0v) is 11.5. The van der Waals surface area contributed by atoms with Crippen LogP contribution in [0.3, 0.4) is 0 Å². The SMILES string of the molecule is CN(c1ncc(C2CCC2)cn1)C1CCC(=O)CC1. The Morgan fingerprint density at radius 2 is 1.74 bits per heavy atom. The number of nitrogens with zero attached hydrogens (tertiary/aromatic N) is 3. The molecule has 0 aromatic carbocycles. The average Bonchev–Trinajstić information content (AvgIpc) is 2.38. The highest BCUT2D eigenvalue weighted by Crippen LogP contribution is 2.35. The van der Waals surface area contributed by atoms with Gasteiger partial charge in [0.25, 0.3) is 0 Å². The van der Waals surface area contributed by atoms with E-state index in [1.54, 1.807) is 0 Å². The summed E-state index contributed by atoms with van der Waals surface area (Å²) in [7, 11) is 2.04. The topological polar surface area (TPSA) is 46.1 Å². The maximum absolute atomic E-state index is 11.3. The molecule has 19 heavy (non-hydrogen) atoms. The number of carbonyl (C=O) groups excluding carboxylic acids is 1. The van der Waals surface area contributed by atoms with Crippen molar-refractivity contribution < 1.29 is 4.79 Å². The van der Waals surface area contributed by atoms with E-state index in [0.717, 1.165) is 18.8 Å². The molecule has 0 unspecified atom stereocenters.